The van der Waals surface area contributed by atoms with Crippen LogP contribution >= 0.6 is 24.0 Å². The Balaban J connectivity index is 0.00000228. The molecule has 4 bridgehead atoms. The second kappa shape index (κ2) is 9.33. The SMILES string of the molecule is Cl.O=C(NCC12CC3CC(CC(C3)C1)C2)c1c(Cl)ccc2nc(CN3CCNCC3)ccc12. The number of fused-ring (bicyclic) bond motifs is 1. The Morgan fingerprint density at radius 2 is 1.73 bits per heavy atom. The third-order valence-electron chi connectivity index (χ3n) is 8.49. The van der Waals surface area contributed by atoms with Gasteiger partial charge in [-0.2, -0.15) is 0 Å². The lowest BCUT2D eigenvalue weighted by molar-refractivity contribution is -0.0503. The van der Waals surface area contributed by atoms with E-state index in [1.165, 1.54) is 38.5 Å². The number of benzene rings is 1. The summed E-state index contributed by atoms with van der Waals surface area (Å²) in [5.41, 5.74) is 2.79. The van der Waals surface area contributed by atoms with Crippen molar-refractivity contribution in [3.63, 3.8) is 0 Å². The van der Waals surface area contributed by atoms with Gasteiger partial charge < -0.3 is 10.6 Å². The molecule has 4 saturated carbocycles. The summed E-state index contributed by atoms with van der Waals surface area (Å²) in [6, 6.07) is 7.85. The maximum Gasteiger partial charge on any atom is 0.253 e. The van der Waals surface area contributed by atoms with Crippen LogP contribution in [0.4, 0.5) is 0 Å². The highest BCUT2D eigenvalue weighted by Crippen LogP contribution is 2.59. The summed E-state index contributed by atoms with van der Waals surface area (Å²) < 4.78 is 0. The van der Waals surface area contributed by atoms with E-state index in [9.17, 15) is 4.79 Å². The van der Waals surface area contributed by atoms with Gasteiger partial charge in [-0.3, -0.25) is 14.7 Å². The molecule has 2 heterocycles. The molecule has 5 fully saturated rings. The van der Waals surface area contributed by atoms with E-state index in [2.05, 4.69) is 21.6 Å². The van der Waals surface area contributed by atoms with Gasteiger partial charge >= 0.3 is 0 Å². The summed E-state index contributed by atoms with van der Waals surface area (Å²) in [5.74, 6) is 2.61. The molecule has 1 aromatic carbocycles. The molecule has 2 aromatic rings. The fourth-order valence-corrected chi connectivity index (χ4v) is 7.75. The molecule has 7 heteroatoms. The third-order valence-corrected chi connectivity index (χ3v) is 8.80. The molecule has 1 aromatic heterocycles. The van der Waals surface area contributed by atoms with Crippen LogP contribution in [0, 0.1) is 23.2 Å². The highest BCUT2D eigenvalue weighted by Gasteiger charge is 2.50. The molecule has 0 radical (unpaired) electrons. The Morgan fingerprint density at radius 1 is 1.06 bits per heavy atom. The standard InChI is InChI=1S/C26H33ClN4O.ClH/c27-22-3-4-23-21(2-1-20(30-23)15-31-7-5-28-6-8-31)24(22)25(32)29-16-26-12-17-9-18(13-26)11-19(10-17)14-26;/h1-4,17-19,28H,5-16H2,(H,29,32);1H. The summed E-state index contributed by atoms with van der Waals surface area (Å²) in [7, 11) is 0. The zero-order valence-electron chi connectivity index (χ0n) is 19.1. The van der Waals surface area contributed by atoms with E-state index in [1.807, 2.05) is 18.2 Å². The number of halogens is 2. The van der Waals surface area contributed by atoms with E-state index in [0.29, 0.717) is 16.0 Å². The molecule has 4 aliphatic carbocycles. The van der Waals surface area contributed by atoms with Gasteiger partial charge in [-0.15, -0.1) is 12.4 Å². The molecule has 33 heavy (non-hydrogen) atoms. The number of carbonyl (C=O) groups excluding carboxylic acids is 1. The summed E-state index contributed by atoms with van der Waals surface area (Å²) in [4.78, 5) is 20.6. The van der Waals surface area contributed by atoms with Gasteiger partial charge in [-0.05, 0) is 79.9 Å². The average molecular weight is 489 g/mol. The van der Waals surface area contributed by atoms with Crippen LogP contribution < -0.4 is 10.6 Å². The Bertz CT molecular complexity index is 1000. The van der Waals surface area contributed by atoms with Crippen molar-refractivity contribution in [3.05, 3.63) is 40.5 Å². The van der Waals surface area contributed by atoms with Crippen molar-refractivity contribution < 1.29 is 4.79 Å². The fourth-order valence-electron chi connectivity index (χ4n) is 7.50. The fraction of sp³-hybridized carbons (Fsp3) is 0.615. The van der Waals surface area contributed by atoms with Crippen molar-refractivity contribution in [2.45, 2.75) is 45.1 Å². The predicted molar refractivity (Wildman–Crippen MR) is 135 cm³/mol. The van der Waals surface area contributed by atoms with Crippen LogP contribution in [0.5, 0.6) is 0 Å². The van der Waals surface area contributed by atoms with Gasteiger partial charge in [0.15, 0.2) is 0 Å². The lowest BCUT2D eigenvalue weighted by atomic mass is 9.49. The van der Waals surface area contributed by atoms with E-state index in [1.54, 1.807) is 0 Å². The number of hydrogen-bond donors (Lipinski definition) is 2. The number of nitrogens with one attached hydrogen (secondary N) is 2. The molecule has 2 N–H and O–H groups in total. The van der Waals surface area contributed by atoms with Gasteiger partial charge in [0.25, 0.3) is 5.91 Å². The molecular weight excluding hydrogens is 455 g/mol. The molecule has 1 aliphatic heterocycles. The Labute approximate surface area is 207 Å². The molecule has 1 saturated heterocycles. The number of pyridine rings is 1. The lowest BCUT2D eigenvalue weighted by Gasteiger charge is -2.56. The molecular formula is C26H34Cl2N4O. The zero-order chi connectivity index (χ0) is 21.7. The van der Waals surface area contributed by atoms with Crippen LogP contribution in [0.25, 0.3) is 10.9 Å². The molecule has 0 atom stereocenters. The maximum absolute atomic E-state index is 13.3. The van der Waals surface area contributed by atoms with Crippen LogP contribution in [0.3, 0.4) is 0 Å². The molecule has 5 nitrogen and oxygen atoms in total. The van der Waals surface area contributed by atoms with Gasteiger partial charge in [0.1, 0.15) is 0 Å². The van der Waals surface area contributed by atoms with E-state index < -0.39 is 0 Å². The average Bonchev–Trinajstić information content (AvgIpc) is 2.77. The smallest absolute Gasteiger partial charge is 0.253 e. The van der Waals surface area contributed by atoms with E-state index >= 15 is 0 Å². The topological polar surface area (TPSA) is 57.3 Å². The number of aromatic nitrogens is 1. The highest BCUT2D eigenvalue weighted by molar-refractivity contribution is 6.35. The summed E-state index contributed by atoms with van der Waals surface area (Å²) in [6.07, 6.45) is 8.14. The highest BCUT2D eigenvalue weighted by atomic mass is 35.5. The number of hydrogen-bond acceptors (Lipinski definition) is 4. The van der Waals surface area contributed by atoms with Crippen molar-refractivity contribution >= 4 is 40.8 Å². The van der Waals surface area contributed by atoms with E-state index in [-0.39, 0.29) is 18.3 Å². The van der Waals surface area contributed by atoms with Crippen LogP contribution in [-0.4, -0.2) is 48.5 Å². The van der Waals surface area contributed by atoms with Gasteiger partial charge in [0, 0.05) is 44.7 Å². The van der Waals surface area contributed by atoms with Crippen LogP contribution in [0.2, 0.25) is 5.02 Å². The maximum atomic E-state index is 13.3. The minimum atomic E-state index is -0.0481. The first kappa shape index (κ1) is 23.3. The minimum Gasteiger partial charge on any atom is -0.351 e. The zero-order valence-corrected chi connectivity index (χ0v) is 20.7. The van der Waals surface area contributed by atoms with Gasteiger partial charge in [-0.1, -0.05) is 17.7 Å². The second-order valence-electron chi connectivity index (χ2n) is 10.9. The number of rotatable bonds is 5. The van der Waals surface area contributed by atoms with Gasteiger partial charge in [0.2, 0.25) is 0 Å². The Kier molecular flexibility index (Phi) is 6.60. The van der Waals surface area contributed by atoms with Crippen molar-refractivity contribution in [1.82, 2.24) is 20.5 Å². The van der Waals surface area contributed by atoms with E-state index in [4.69, 9.17) is 16.6 Å². The van der Waals surface area contributed by atoms with Crippen molar-refractivity contribution in [3.8, 4) is 0 Å². The summed E-state index contributed by atoms with van der Waals surface area (Å²) in [5, 5.41) is 8.05. The predicted octanol–water partition coefficient (Wildman–Crippen LogP) is 4.66. The first-order valence-corrected chi connectivity index (χ1v) is 12.7. The van der Waals surface area contributed by atoms with Crippen LogP contribution in [0.15, 0.2) is 24.3 Å². The van der Waals surface area contributed by atoms with Gasteiger partial charge in [-0.25, -0.2) is 0 Å². The molecule has 0 unspecified atom stereocenters. The van der Waals surface area contributed by atoms with Gasteiger partial charge in [0.05, 0.1) is 21.8 Å². The monoisotopic (exact) mass is 488 g/mol. The molecule has 0 spiro atoms. The van der Waals surface area contributed by atoms with Crippen molar-refractivity contribution in [1.29, 1.82) is 0 Å². The number of amides is 1. The molecule has 178 valence electrons. The van der Waals surface area contributed by atoms with Crippen LogP contribution in [-0.2, 0) is 6.54 Å². The van der Waals surface area contributed by atoms with Crippen molar-refractivity contribution in [2.24, 2.45) is 23.2 Å². The first-order valence-electron chi connectivity index (χ1n) is 12.4. The normalized spacial score (nSPS) is 30.9. The molecule has 7 rings (SSSR count). The first-order chi connectivity index (χ1) is 15.6. The largest absolute Gasteiger partial charge is 0.351 e. The Morgan fingerprint density at radius 3 is 2.39 bits per heavy atom. The second-order valence-corrected chi connectivity index (χ2v) is 11.3. The third kappa shape index (κ3) is 4.62. The van der Waals surface area contributed by atoms with E-state index in [0.717, 1.165) is 73.6 Å². The molecule has 5 aliphatic rings. The minimum absolute atomic E-state index is 0. The number of carbonyl (C=O) groups is 1. The lowest BCUT2D eigenvalue weighted by Crippen LogP contribution is -2.51. The van der Waals surface area contributed by atoms with Crippen molar-refractivity contribution in [2.75, 3.05) is 32.7 Å². The summed E-state index contributed by atoms with van der Waals surface area (Å²) >= 11 is 6.54. The summed E-state index contributed by atoms with van der Waals surface area (Å²) in [6.45, 7) is 5.76. The Hall–Kier alpha value is -1.40. The quantitative estimate of drug-likeness (QED) is 0.642. The molecule has 1 amide bonds. The number of nitrogens with zero attached hydrogens (tertiary/aromatic N) is 2. The number of piperazine rings is 1. The van der Waals surface area contributed by atoms with Crippen LogP contribution in [0.1, 0.15) is 54.6 Å².